The van der Waals surface area contributed by atoms with Crippen LogP contribution in [0.3, 0.4) is 0 Å². The number of carbonyl (C=O) groups is 1. The minimum atomic E-state index is -0.866. The highest BCUT2D eigenvalue weighted by Gasteiger charge is 2.19. The largest absolute Gasteiger partial charge is 0.324 e. The second-order valence-electron chi connectivity index (χ2n) is 6.10. The summed E-state index contributed by atoms with van der Waals surface area (Å²) in [5, 5.41) is 7.22. The summed E-state index contributed by atoms with van der Waals surface area (Å²) in [5.74, 6) is -1.73. The first kappa shape index (κ1) is 19.6. The molecule has 0 aliphatic carbocycles. The van der Waals surface area contributed by atoms with Crippen LogP contribution in [-0.4, -0.2) is 6.03 Å². The van der Waals surface area contributed by atoms with Gasteiger partial charge in [-0.25, -0.2) is 13.6 Å². The molecule has 3 nitrogen and oxygen atoms in total. The van der Waals surface area contributed by atoms with Gasteiger partial charge in [-0.2, -0.15) is 0 Å². The lowest BCUT2D eigenvalue weighted by atomic mass is 10.0. The quantitative estimate of drug-likeness (QED) is 0.329. The van der Waals surface area contributed by atoms with Crippen LogP contribution in [0.5, 0.6) is 0 Å². The van der Waals surface area contributed by atoms with Gasteiger partial charge in [0.05, 0.1) is 0 Å². The monoisotopic (exact) mass is 448 g/mol. The number of fused-ring (bicyclic) bond motifs is 1. The average Bonchev–Trinajstić information content (AvgIpc) is 3.02. The molecule has 3 aromatic carbocycles. The number of hydrogen-bond acceptors (Lipinski definition) is 2. The van der Waals surface area contributed by atoms with E-state index in [1.54, 1.807) is 24.3 Å². The van der Waals surface area contributed by atoms with Gasteiger partial charge >= 0.3 is 6.03 Å². The number of thiophene rings is 1. The molecular formula is C21H12Cl2F2N2OS. The number of para-hydroxylation sites is 1. The number of benzene rings is 3. The van der Waals surface area contributed by atoms with Crippen LogP contribution in [0.15, 0.2) is 60.7 Å². The zero-order valence-corrected chi connectivity index (χ0v) is 16.9. The minimum Gasteiger partial charge on any atom is -0.303 e. The van der Waals surface area contributed by atoms with Crippen LogP contribution in [0.2, 0.25) is 10.0 Å². The standard InChI is InChI=1S/C21H12Cl2F2N2OS/c22-11-8-9-17-13(10-11)18(12-4-1-2-5-14(12)23)20(29-17)27-21(28)26-19-15(24)6-3-7-16(19)25/h1-10H,(H2,26,27,28). The number of urea groups is 1. The highest BCUT2D eigenvalue weighted by Crippen LogP contribution is 2.45. The van der Waals surface area contributed by atoms with Crippen LogP contribution in [-0.2, 0) is 0 Å². The fourth-order valence-electron chi connectivity index (χ4n) is 2.95. The van der Waals surface area contributed by atoms with Gasteiger partial charge in [-0.05, 0) is 36.4 Å². The van der Waals surface area contributed by atoms with Crippen LogP contribution < -0.4 is 10.6 Å². The molecule has 8 heteroatoms. The number of amides is 2. The van der Waals surface area contributed by atoms with Crippen molar-refractivity contribution in [2.45, 2.75) is 0 Å². The zero-order chi connectivity index (χ0) is 20.5. The van der Waals surface area contributed by atoms with Gasteiger partial charge in [0, 0.05) is 31.3 Å². The number of carbonyl (C=O) groups excluding carboxylic acids is 1. The van der Waals surface area contributed by atoms with E-state index in [1.807, 2.05) is 18.2 Å². The second-order valence-corrected chi connectivity index (χ2v) is 8.00. The smallest absolute Gasteiger partial charge is 0.303 e. The van der Waals surface area contributed by atoms with Gasteiger partial charge in [0.2, 0.25) is 0 Å². The van der Waals surface area contributed by atoms with E-state index in [9.17, 15) is 13.6 Å². The maximum absolute atomic E-state index is 13.8. The molecular weight excluding hydrogens is 437 g/mol. The zero-order valence-electron chi connectivity index (χ0n) is 14.6. The highest BCUT2D eigenvalue weighted by molar-refractivity contribution is 7.23. The van der Waals surface area contributed by atoms with Crippen LogP contribution in [0, 0.1) is 11.6 Å². The molecule has 2 N–H and O–H groups in total. The van der Waals surface area contributed by atoms with E-state index in [0.29, 0.717) is 26.2 Å². The first-order valence-corrected chi connectivity index (χ1v) is 10.0. The third-order valence-electron chi connectivity index (χ3n) is 4.22. The van der Waals surface area contributed by atoms with Gasteiger partial charge in [-0.3, -0.25) is 5.32 Å². The van der Waals surface area contributed by atoms with Crippen molar-refractivity contribution in [1.82, 2.24) is 0 Å². The maximum atomic E-state index is 13.8. The first-order chi connectivity index (χ1) is 13.9. The molecule has 0 bridgehead atoms. The summed E-state index contributed by atoms with van der Waals surface area (Å²) in [4.78, 5) is 12.5. The first-order valence-electron chi connectivity index (χ1n) is 8.43. The number of nitrogens with one attached hydrogen (secondary N) is 2. The van der Waals surface area contributed by atoms with Gasteiger partial charge < -0.3 is 5.32 Å². The molecule has 146 valence electrons. The predicted molar refractivity (Wildman–Crippen MR) is 116 cm³/mol. The predicted octanol–water partition coefficient (Wildman–Crippen LogP) is 7.80. The lowest BCUT2D eigenvalue weighted by Crippen LogP contribution is -2.20. The Bertz CT molecular complexity index is 1220. The molecule has 29 heavy (non-hydrogen) atoms. The molecule has 1 heterocycles. The van der Waals surface area contributed by atoms with E-state index < -0.39 is 23.4 Å². The fraction of sp³-hybridized carbons (Fsp3) is 0. The summed E-state index contributed by atoms with van der Waals surface area (Å²) in [6.45, 7) is 0. The van der Waals surface area contributed by atoms with Crippen molar-refractivity contribution in [2.75, 3.05) is 10.6 Å². The normalized spacial score (nSPS) is 10.9. The number of rotatable bonds is 3. The van der Waals surface area contributed by atoms with Crippen molar-refractivity contribution in [1.29, 1.82) is 0 Å². The molecule has 1 aromatic heterocycles. The molecule has 0 fully saturated rings. The van der Waals surface area contributed by atoms with Crippen molar-refractivity contribution < 1.29 is 13.6 Å². The van der Waals surface area contributed by atoms with Gasteiger partial charge in [-0.1, -0.05) is 47.5 Å². The van der Waals surface area contributed by atoms with Crippen molar-refractivity contribution in [2.24, 2.45) is 0 Å². The Kier molecular flexibility index (Phi) is 5.41. The van der Waals surface area contributed by atoms with E-state index in [1.165, 1.54) is 17.4 Å². The lowest BCUT2D eigenvalue weighted by Gasteiger charge is -2.11. The Morgan fingerprint density at radius 1 is 0.897 bits per heavy atom. The minimum absolute atomic E-state index is 0.476. The molecule has 0 spiro atoms. The van der Waals surface area contributed by atoms with Gasteiger partial charge in [0.25, 0.3) is 0 Å². The highest BCUT2D eigenvalue weighted by atomic mass is 35.5. The van der Waals surface area contributed by atoms with E-state index in [-0.39, 0.29) is 0 Å². The summed E-state index contributed by atoms with van der Waals surface area (Å²) in [7, 11) is 0. The maximum Gasteiger partial charge on any atom is 0.324 e. The van der Waals surface area contributed by atoms with Crippen molar-refractivity contribution in [3.8, 4) is 11.1 Å². The molecule has 0 atom stereocenters. The second kappa shape index (κ2) is 7.99. The molecule has 0 saturated heterocycles. The Labute approximate surface area is 178 Å². The SMILES string of the molecule is O=C(Nc1sc2ccc(Cl)cc2c1-c1ccccc1Cl)Nc1c(F)cccc1F. The van der Waals surface area contributed by atoms with Gasteiger partial charge in [0.15, 0.2) is 0 Å². The third-order valence-corrected chi connectivity index (χ3v) is 5.87. The molecule has 4 rings (SSSR count). The van der Waals surface area contributed by atoms with Crippen LogP contribution in [0.1, 0.15) is 0 Å². The summed E-state index contributed by atoms with van der Waals surface area (Å²) in [5.41, 5.74) is 0.866. The summed E-state index contributed by atoms with van der Waals surface area (Å²) < 4.78 is 28.6. The van der Waals surface area contributed by atoms with E-state index in [2.05, 4.69) is 10.6 Å². The molecule has 4 aromatic rings. The van der Waals surface area contributed by atoms with Crippen LogP contribution in [0.4, 0.5) is 24.3 Å². The van der Waals surface area contributed by atoms with Crippen molar-refractivity contribution in [3.63, 3.8) is 0 Å². The Morgan fingerprint density at radius 2 is 1.62 bits per heavy atom. The topological polar surface area (TPSA) is 41.1 Å². The molecule has 2 amide bonds. The Hall–Kier alpha value is -2.67. The van der Waals surface area contributed by atoms with E-state index in [4.69, 9.17) is 23.2 Å². The lowest BCUT2D eigenvalue weighted by molar-refractivity contribution is 0.262. The number of anilines is 2. The number of halogens is 4. The van der Waals surface area contributed by atoms with Gasteiger partial charge in [0.1, 0.15) is 22.3 Å². The summed E-state index contributed by atoms with van der Waals surface area (Å²) in [6, 6.07) is 15.1. The fourth-order valence-corrected chi connectivity index (χ4v) is 4.45. The van der Waals surface area contributed by atoms with Crippen LogP contribution in [0.25, 0.3) is 21.2 Å². The third kappa shape index (κ3) is 3.92. The molecule has 0 aliphatic heterocycles. The van der Waals surface area contributed by atoms with Gasteiger partial charge in [-0.15, -0.1) is 11.3 Å². The van der Waals surface area contributed by atoms with E-state index in [0.717, 1.165) is 22.2 Å². The Morgan fingerprint density at radius 3 is 2.34 bits per heavy atom. The molecule has 0 radical (unpaired) electrons. The van der Waals surface area contributed by atoms with Crippen molar-refractivity contribution in [3.05, 3.63) is 82.3 Å². The van der Waals surface area contributed by atoms with Crippen molar-refractivity contribution >= 4 is 61.3 Å². The number of hydrogen-bond donors (Lipinski definition) is 2. The average molecular weight is 449 g/mol. The molecule has 0 unspecified atom stereocenters. The Balaban J connectivity index is 1.77. The van der Waals surface area contributed by atoms with Crippen LogP contribution >= 0.6 is 34.5 Å². The molecule has 0 saturated carbocycles. The van der Waals surface area contributed by atoms with E-state index >= 15 is 0 Å². The summed E-state index contributed by atoms with van der Waals surface area (Å²) >= 11 is 13.9. The summed E-state index contributed by atoms with van der Waals surface area (Å²) in [6.07, 6.45) is 0. The molecule has 0 aliphatic rings.